The van der Waals surface area contributed by atoms with Gasteiger partial charge in [0.15, 0.2) is 5.96 Å². The molecule has 0 radical (unpaired) electrons. The van der Waals surface area contributed by atoms with Crippen molar-refractivity contribution in [1.82, 2.24) is 25.4 Å². The smallest absolute Gasteiger partial charge is 0.191 e. The van der Waals surface area contributed by atoms with Crippen LogP contribution in [0.1, 0.15) is 38.4 Å². The van der Waals surface area contributed by atoms with Crippen LogP contribution in [-0.2, 0) is 13.0 Å². The molecule has 2 fully saturated rings. The highest BCUT2D eigenvalue weighted by Gasteiger charge is 2.39. The van der Waals surface area contributed by atoms with Gasteiger partial charge in [-0.2, -0.15) is 0 Å². The van der Waals surface area contributed by atoms with Crippen molar-refractivity contribution in [2.24, 2.45) is 16.8 Å². The first-order valence-electron chi connectivity index (χ1n) is 8.82. The van der Waals surface area contributed by atoms with E-state index in [9.17, 15) is 0 Å². The fraction of sp³-hybridized carbons (Fsp3) is 0.706. The number of hydrogen-bond donors (Lipinski definition) is 2. The van der Waals surface area contributed by atoms with E-state index in [1.807, 2.05) is 6.08 Å². The molecule has 0 saturated heterocycles. The van der Waals surface area contributed by atoms with Crippen molar-refractivity contribution in [2.75, 3.05) is 13.1 Å². The fourth-order valence-corrected chi connectivity index (χ4v) is 3.93. The molecule has 6 nitrogen and oxygen atoms in total. The third-order valence-corrected chi connectivity index (χ3v) is 5.10. The molecule has 2 N–H and O–H groups in total. The van der Waals surface area contributed by atoms with Crippen LogP contribution in [0.2, 0.25) is 0 Å². The van der Waals surface area contributed by atoms with Crippen molar-refractivity contribution in [1.29, 1.82) is 0 Å². The van der Waals surface area contributed by atoms with Gasteiger partial charge in [0.1, 0.15) is 12.2 Å². The summed E-state index contributed by atoms with van der Waals surface area (Å²) >= 11 is 0. The first-order valence-corrected chi connectivity index (χ1v) is 8.82. The molecule has 2 bridgehead atoms. The van der Waals surface area contributed by atoms with E-state index in [0.29, 0.717) is 6.04 Å². The lowest BCUT2D eigenvalue weighted by atomic mass is 9.95. The third kappa shape index (κ3) is 3.92. The Morgan fingerprint density at radius 2 is 2.39 bits per heavy atom. The van der Waals surface area contributed by atoms with E-state index in [1.54, 1.807) is 6.33 Å². The van der Waals surface area contributed by atoms with Gasteiger partial charge in [-0.25, -0.2) is 0 Å². The van der Waals surface area contributed by atoms with Crippen LogP contribution in [0.25, 0.3) is 0 Å². The van der Waals surface area contributed by atoms with E-state index >= 15 is 0 Å². The van der Waals surface area contributed by atoms with Crippen LogP contribution in [0.15, 0.2) is 24.0 Å². The van der Waals surface area contributed by atoms with E-state index in [-0.39, 0.29) is 0 Å². The highest BCUT2D eigenvalue weighted by Crippen LogP contribution is 2.44. The number of nitrogens with zero attached hydrogens (tertiary/aromatic N) is 4. The van der Waals surface area contributed by atoms with Crippen LogP contribution in [0.3, 0.4) is 0 Å². The molecule has 2 aliphatic rings. The molecule has 0 aromatic carbocycles. The molecule has 2 saturated carbocycles. The Morgan fingerprint density at radius 3 is 3.09 bits per heavy atom. The van der Waals surface area contributed by atoms with Crippen LogP contribution >= 0.6 is 0 Å². The molecule has 0 amide bonds. The zero-order valence-electron chi connectivity index (χ0n) is 14.0. The van der Waals surface area contributed by atoms with Gasteiger partial charge in [-0.15, -0.1) is 16.8 Å². The Kier molecular flexibility index (Phi) is 5.31. The predicted octanol–water partition coefficient (Wildman–Crippen LogP) is 1.75. The first-order chi connectivity index (χ1) is 11.3. The topological polar surface area (TPSA) is 67.1 Å². The Labute approximate surface area is 138 Å². The van der Waals surface area contributed by atoms with Gasteiger partial charge in [-0.1, -0.05) is 19.4 Å². The van der Waals surface area contributed by atoms with Crippen LogP contribution < -0.4 is 10.6 Å². The third-order valence-electron chi connectivity index (χ3n) is 5.10. The van der Waals surface area contributed by atoms with Gasteiger partial charge in [0.25, 0.3) is 0 Å². The van der Waals surface area contributed by atoms with Crippen LogP contribution in [0.4, 0.5) is 0 Å². The maximum absolute atomic E-state index is 4.73. The summed E-state index contributed by atoms with van der Waals surface area (Å²) in [6, 6.07) is 0.589. The molecule has 2 aliphatic carbocycles. The van der Waals surface area contributed by atoms with Crippen LogP contribution in [-0.4, -0.2) is 39.9 Å². The normalized spacial score (nSPS) is 26.5. The summed E-state index contributed by atoms with van der Waals surface area (Å²) in [6.45, 7) is 8.14. The number of rotatable bonds is 7. The van der Waals surface area contributed by atoms with Gasteiger partial charge in [0.2, 0.25) is 0 Å². The van der Waals surface area contributed by atoms with Crippen molar-refractivity contribution in [3.05, 3.63) is 24.8 Å². The summed E-state index contributed by atoms with van der Waals surface area (Å²) in [7, 11) is 0. The zero-order valence-corrected chi connectivity index (χ0v) is 14.0. The second-order valence-corrected chi connectivity index (χ2v) is 6.62. The van der Waals surface area contributed by atoms with Crippen LogP contribution in [0, 0.1) is 11.8 Å². The number of hydrogen-bond acceptors (Lipinski definition) is 3. The van der Waals surface area contributed by atoms with Crippen molar-refractivity contribution < 1.29 is 0 Å². The van der Waals surface area contributed by atoms with Gasteiger partial charge in [0, 0.05) is 25.6 Å². The minimum atomic E-state index is 0.589. The number of aliphatic imine (C=N–C) groups is 1. The highest BCUT2D eigenvalue weighted by atomic mass is 15.3. The molecule has 126 valence electrons. The molecule has 3 unspecified atom stereocenters. The Bertz CT molecular complexity index is 549. The molecule has 0 aliphatic heterocycles. The minimum Gasteiger partial charge on any atom is -0.353 e. The Hall–Kier alpha value is -1.85. The lowest BCUT2D eigenvalue weighted by molar-refractivity contribution is 0.387. The van der Waals surface area contributed by atoms with E-state index in [2.05, 4.69) is 38.9 Å². The Morgan fingerprint density at radius 1 is 1.48 bits per heavy atom. The summed E-state index contributed by atoms with van der Waals surface area (Å²) in [5.74, 6) is 3.69. The molecular weight excluding hydrogens is 288 g/mol. The molecule has 0 spiro atoms. The van der Waals surface area contributed by atoms with Gasteiger partial charge < -0.3 is 15.2 Å². The van der Waals surface area contributed by atoms with Gasteiger partial charge >= 0.3 is 0 Å². The molecule has 1 heterocycles. The predicted molar refractivity (Wildman–Crippen MR) is 92.3 cm³/mol. The number of aryl methyl sites for hydroxylation is 1. The largest absolute Gasteiger partial charge is 0.353 e. The molecule has 1 aromatic rings. The summed E-state index contributed by atoms with van der Waals surface area (Å²) < 4.78 is 2.08. The maximum atomic E-state index is 4.73. The molecular formula is C17H28N6. The average molecular weight is 316 g/mol. The first kappa shape index (κ1) is 16.0. The lowest BCUT2D eigenvalue weighted by Crippen LogP contribution is -2.45. The second kappa shape index (κ2) is 7.62. The molecule has 1 aromatic heterocycles. The summed E-state index contributed by atoms with van der Waals surface area (Å²) in [4.78, 5) is 4.73. The lowest BCUT2D eigenvalue weighted by Gasteiger charge is -2.25. The van der Waals surface area contributed by atoms with E-state index in [0.717, 1.165) is 49.7 Å². The van der Waals surface area contributed by atoms with Gasteiger partial charge in [-0.3, -0.25) is 4.99 Å². The van der Waals surface area contributed by atoms with Crippen molar-refractivity contribution in [3.63, 3.8) is 0 Å². The number of guanidine groups is 1. The second-order valence-electron chi connectivity index (χ2n) is 6.62. The quantitative estimate of drug-likeness (QED) is 0.457. The van der Waals surface area contributed by atoms with E-state index in [4.69, 9.17) is 4.99 Å². The summed E-state index contributed by atoms with van der Waals surface area (Å²) in [6.07, 6.45) is 10.0. The van der Waals surface area contributed by atoms with Crippen molar-refractivity contribution >= 4 is 5.96 Å². The SMILES string of the molecule is C=CCNC(=NCCn1cnnc1CC)NC1CC2CCC1C2. The maximum Gasteiger partial charge on any atom is 0.191 e. The highest BCUT2D eigenvalue weighted by molar-refractivity contribution is 5.80. The fourth-order valence-electron chi connectivity index (χ4n) is 3.93. The zero-order chi connectivity index (χ0) is 16.1. The standard InChI is InChI=1S/C17H28N6/c1-3-7-18-17(21-15-11-13-5-6-14(15)10-13)19-8-9-23-12-20-22-16(23)4-2/h3,12-15H,1,4-11H2,2H3,(H2,18,19,21). The number of nitrogens with one attached hydrogen (secondary N) is 2. The monoisotopic (exact) mass is 316 g/mol. The van der Waals surface area contributed by atoms with Gasteiger partial charge in [0.05, 0.1) is 6.54 Å². The van der Waals surface area contributed by atoms with Crippen molar-refractivity contribution in [2.45, 2.75) is 51.6 Å². The molecule has 3 rings (SSSR count). The van der Waals surface area contributed by atoms with E-state index in [1.165, 1.54) is 25.7 Å². The van der Waals surface area contributed by atoms with Crippen LogP contribution in [0.5, 0.6) is 0 Å². The number of fused-ring (bicyclic) bond motifs is 2. The average Bonchev–Trinajstić information content (AvgIpc) is 3.28. The molecule has 6 heteroatoms. The molecule has 23 heavy (non-hydrogen) atoms. The number of aromatic nitrogens is 3. The summed E-state index contributed by atoms with van der Waals surface area (Å²) in [5, 5.41) is 15.1. The minimum absolute atomic E-state index is 0.589. The summed E-state index contributed by atoms with van der Waals surface area (Å²) in [5.41, 5.74) is 0. The van der Waals surface area contributed by atoms with Crippen molar-refractivity contribution in [3.8, 4) is 0 Å². The van der Waals surface area contributed by atoms with Gasteiger partial charge in [-0.05, 0) is 31.1 Å². The Balaban J connectivity index is 1.55. The molecule has 3 atom stereocenters. The van der Waals surface area contributed by atoms with E-state index < -0.39 is 0 Å².